The van der Waals surface area contributed by atoms with E-state index in [0.717, 1.165) is 6.42 Å². The summed E-state index contributed by atoms with van der Waals surface area (Å²) >= 11 is 0. The summed E-state index contributed by atoms with van der Waals surface area (Å²) in [5.74, 6) is 0. The third-order valence-corrected chi connectivity index (χ3v) is 1.12. The average Bonchev–Trinajstić information content (AvgIpc) is 2.01. The van der Waals surface area contributed by atoms with E-state index >= 15 is 0 Å². The molecule has 0 saturated carbocycles. The maximum atomic E-state index is 9.16. The summed E-state index contributed by atoms with van der Waals surface area (Å²) in [5.41, 5.74) is 0. The van der Waals surface area contributed by atoms with Crippen molar-refractivity contribution in [3.8, 4) is 0 Å². The quantitative estimate of drug-likeness (QED) is 0.466. The zero-order valence-electron chi connectivity index (χ0n) is 6.99. The van der Waals surface area contributed by atoms with E-state index in [1.54, 1.807) is 12.2 Å². The van der Waals surface area contributed by atoms with Gasteiger partial charge in [0.05, 0.1) is 19.3 Å². The Morgan fingerprint density at radius 3 is 2.91 bits per heavy atom. The standard InChI is InChI=1S/C9H16O2/c1-3-5-6-9(10)8-11-7-4-2/h4-6,9-10H,2-3,7-8H2,1H3/b6-5-/t9-/m1/s1. The van der Waals surface area contributed by atoms with Gasteiger partial charge >= 0.3 is 0 Å². The molecule has 0 rings (SSSR count). The molecule has 0 amide bonds. The Labute approximate surface area is 68.2 Å². The van der Waals surface area contributed by atoms with Crippen molar-refractivity contribution in [2.24, 2.45) is 0 Å². The minimum absolute atomic E-state index is 0.350. The number of ether oxygens (including phenoxy) is 1. The summed E-state index contributed by atoms with van der Waals surface area (Å²) in [6.45, 7) is 6.36. The maximum Gasteiger partial charge on any atom is 0.0954 e. The van der Waals surface area contributed by atoms with Crippen LogP contribution < -0.4 is 0 Å². The molecule has 0 aromatic heterocycles. The van der Waals surface area contributed by atoms with Crippen LogP contribution in [0.1, 0.15) is 13.3 Å². The number of aliphatic hydroxyl groups excluding tert-OH is 1. The van der Waals surface area contributed by atoms with Crippen molar-refractivity contribution in [2.45, 2.75) is 19.4 Å². The van der Waals surface area contributed by atoms with Gasteiger partial charge in [0, 0.05) is 0 Å². The second kappa shape index (κ2) is 7.51. The molecule has 64 valence electrons. The first-order chi connectivity index (χ1) is 5.31. The molecule has 1 atom stereocenters. The maximum absolute atomic E-state index is 9.16. The Bertz CT molecular complexity index is 119. The van der Waals surface area contributed by atoms with E-state index < -0.39 is 6.10 Å². The Hall–Kier alpha value is -0.600. The zero-order valence-corrected chi connectivity index (χ0v) is 6.99. The Morgan fingerprint density at radius 2 is 2.36 bits per heavy atom. The Kier molecular flexibility index (Phi) is 7.10. The molecule has 2 heteroatoms. The van der Waals surface area contributed by atoms with E-state index in [1.165, 1.54) is 0 Å². The predicted molar refractivity (Wildman–Crippen MR) is 46.5 cm³/mol. The van der Waals surface area contributed by atoms with E-state index in [0.29, 0.717) is 13.2 Å². The molecule has 2 nitrogen and oxygen atoms in total. The van der Waals surface area contributed by atoms with Gasteiger partial charge in [-0.15, -0.1) is 6.58 Å². The van der Waals surface area contributed by atoms with Gasteiger partial charge in [-0.1, -0.05) is 25.2 Å². The summed E-state index contributed by atoms with van der Waals surface area (Å²) in [6.07, 6.45) is 5.79. The molecule has 0 aromatic carbocycles. The van der Waals surface area contributed by atoms with Gasteiger partial charge in [0.15, 0.2) is 0 Å². The summed E-state index contributed by atoms with van der Waals surface area (Å²) < 4.78 is 5.02. The van der Waals surface area contributed by atoms with Crippen LogP contribution in [0.2, 0.25) is 0 Å². The van der Waals surface area contributed by atoms with Crippen LogP contribution in [0.15, 0.2) is 24.8 Å². The number of aliphatic hydroxyl groups is 1. The monoisotopic (exact) mass is 156 g/mol. The smallest absolute Gasteiger partial charge is 0.0954 e. The molecule has 0 radical (unpaired) electrons. The van der Waals surface area contributed by atoms with Crippen molar-refractivity contribution < 1.29 is 9.84 Å². The lowest BCUT2D eigenvalue weighted by atomic mass is 10.3. The highest BCUT2D eigenvalue weighted by atomic mass is 16.5. The molecular weight excluding hydrogens is 140 g/mol. The van der Waals surface area contributed by atoms with Gasteiger partial charge < -0.3 is 9.84 Å². The highest BCUT2D eigenvalue weighted by molar-refractivity contribution is 4.87. The second-order valence-electron chi connectivity index (χ2n) is 2.23. The van der Waals surface area contributed by atoms with Crippen molar-refractivity contribution >= 4 is 0 Å². The summed E-state index contributed by atoms with van der Waals surface area (Å²) in [6, 6.07) is 0. The number of rotatable bonds is 6. The normalized spacial score (nSPS) is 13.6. The first-order valence-electron chi connectivity index (χ1n) is 3.84. The summed E-state index contributed by atoms with van der Waals surface area (Å²) in [4.78, 5) is 0. The van der Waals surface area contributed by atoms with Gasteiger partial charge in [-0.25, -0.2) is 0 Å². The summed E-state index contributed by atoms with van der Waals surface area (Å²) in [7, 11) is 0. The number of hydrogen-bond acceptors (Lipinski definition) is 2. The van der Waals surface area contributed by atoms with Gasteiger partial charge in [0.25, 0.3) is 0 Å². The third kappa shape index (κ3) is 7.30. The minimum atomic E-state index is -0.477. The van der Waals surface area contributed by atoms with E-state index in [-0.39, 0.29) is 0 Å². The SMILES string of the molecule is C=CCOC[C@H](O)/C=C\CC. The number of allylic oxidation sites excluding steroid dienone is 1. The fourth-order valence-corrected chi connectivity index (χ4v) is 0.621. The first kappa shape index (κ1) is 10.4. The van der Waals surface area contributed by atoms with Crippen LogP contribution in [0.3, 0.4) is 0 Å². The molecule has 0 aliphatic rings. The van der Waals surface area contributed by atoms with Crippen molar-refractivity contribution in [1.82, 2.24) is 0 Å². The molecule has 0 aliphatic heterocycles. The molecule has 0 aromatic rings. The second-order valence-corrected chi connectivity index (χ2v) is 2.23. The van der Waals surface area contributed by atoms with E-state index in [9.17, 15) is 0 Å². The van der Waals surface area contributed by atoms with Crippen LogP contribution in [-0.4, -0.2) is 24.4 Å². The van der Waals surface area contributed by atoms with Gasteiger partial charge in [0.1, 0.15) is 0 Å². The van der Waals surface area contributed by atoms with Crippen LogP contribution in [0.5, 0.6) is 0 Å². The molecule has 0 bridgehead atoms. The molecule has 0 fully saturated rings. The predicted octanol–water partition coefficient (Wildman–Crippen LogP) is 1.52. The highest BCUT2D eigenvalue weighted by Gasteiger charge is 1.95. The van der Waals surface area contributed by atoms with Gasteiger partial charge in [-0.05, 0) is 6.42 Å². The van der Waals surface area contributed by atoms with Crippen LogP contribution >= 0.6 is 0 Å². The number of hydrogen-bond donors (Lipinski definition) is 1. The van der Waals surface area contributed by atoms with E-state index in [4.69, 9.17) is 9.84 Å². The lowest BCUT2D eigenvalue weighted by Gasteiger charge is -2.04. The Morgan fingerprint density at radius 1 is 1.64 bits per heavy atom. The lowest BCUT2D eigenvalue weighted by molar-refractivity contribution is 0.0748. The molecule has 0 heterocycles. The summed E-state index contributed by atoms with van der Waals surface area (Å²) in [5, 5.41) is 9.16. The van der Waals surface area contributed by atoms with Crippen molar-refractivity contribution in [3.63, 3.8) is 0 Å². The molecule has 0 saturated heterocycles. The lowest BCUT2D eigenvalue weighted by Crippen LogP contribution is -2.11. The molecular formula is C9H16O2. The van der Waals surface area contributed by atoms with Crippen LogP contribution in [0, 0.1) is 0 Å². The van der Waals surface area contributed by atoms with Gasteiger partial charge in [-0.3, -0.25) is 0 Å². The molecule has 0 aliphatic carbocycles. The van der Waals surface area contributed by atoms with Crippen LogP contribution in [0.25, 0.3) is 0 Å². The van der Waals surface area contributed by atoms with Crippen molar-refractivity contribution in [1.29, 1.82) is 0 Å². The van der Waals surface area contributed by atoms with E-state index in [1.807, 2.05) is 13.0 Å². The van der Waals surface area contributed by atoms with Gasteiger partial charge in [0.2, 0.25) is 0 Å². The Balaban J connectivity index is 3.28. The minimum Gasteiger partial charge on any atom is -0.387 e. The fraction of sp³-hybridized carbons (Fsp3) is 0.556. The molecule has 1 N–H and O–H groups in total. The first-order valence-corrected chi connectivity index (χ1v) is 3.84. The highest BCUT2D eigenvalue weighted by Crippen LogP contribution is 1.89. The van der Waals surface area contributed by atoms with Crippen molar-refractivity contribution in [2.75, 3.05) is 13.2 Å². The van der Waals surface area contributed by atoms with Crippen LogP contribution in [-0.2, 0) is 4.74 Å². The third-order valence-electron chi connectivity index (χ3n) is 1.12. The van der Waals surface area contributed by atoms with Gasteiger partial charge in [-0.2, -0.15) is 0 Å². The van der Waals surface area contributed by atoms with Crippen LogP contribution in [0.4, 0.5) is 0 Å². The molecule has 0 spiro atoms. The van der Waals surface area contributed by atoms with E-state index in [2.05, 4.69) is 6.58 Å². The molecule has 11 heavy (non-hydrogen) atoms. The molecule has 0 unspecified atom stereocenters. The average molecular weight is 156 g/mol. The topological polar surface area (TPSA) is 29.5 Å². The largest absolute Gasteiger partial charge is 0.387 e. The van der Waals surface area contributed by atoms with Crippen molar-refractivity contribution in [3.05, 3.63) is 24.8 Å². The fourth-order valence-electron chi connectivity index (χ4n) is 0.621. The zero-order chi connectivity index (χ0) is 8.53.